The molecule has 7 heteroatoms. The molecule has 4 rings (SSSR count). The van der Waals surface area contributed by atoms with Gasteiger partial charge in [0, 0.05) is 11.3 Å². The van der Waals surface area contributed by atoms with Gasteiger partial charge >= 0.3 is 0 Å². The Morgan fingerprint density at radius 2 is 1.70 bits per heavy atom. The number of nitrogens with two attached hydrogens (primary N) is 1. The van der Waals surface area contributed by atoms with Gasteiger partial charge in [0.1, 0.15) is 11.6 Å². The van der Waals surface area contributed by atoms with Gasteiger partial charge in [0.15, 0.2) is 0 Å². The number of ether oxygens (including phenoxy) is 1. The maximum atomic E-state index is 14.4. The molecule has 0 aliphatic carbocycles. The highest BCUT2D eigenvalue weighted by Crippen LogP contribution is 2.22. The minimum atomic E-state index is -0.629. The van der Waals surface area contributed by atoms with Crippen LogP contribution >= 0.6 is 0 Å². The Morgan fingerprint density at radius 3 is 2.39 bits per heavy atom. The number of hydrogen-bond acceptors (Lipinski definition) is 5. The SMILES string of the molecule is Cc1ncc(-c2ccc(F)c(C(=O)Nc3ccc(COCc4ccccc4)cc3)c2)nc1N. The topological polar surface area (TPSA) is 90.1 Å². The first kappa shape index (κ1) is 22.1. The molecule has 0 spiro atoms. The van der Waals surface area contributed by atoms with Gasteiger partial charge in [-0.1, -0.05) is 42.5 Å². The van der Waals surface area contributed by atoms with Gasteiger partial charge in [-0.3, -0.25) is 9.78 Å². The molecule has 0 bridgehead atoms. The van der Waals surface area contributed by atoms with E-state index in [0.717, 1.165) is 11.1 Å². The second kappa shape index (κ2) is 10.0. The maximum absolute atomic E-state index is 14.4. The highest BCUT2D eigenvalue weighted by molar-refractivity contribution is 6.05. The standard InChI is InChI=1S/C26H23FN4O2/c1-17-25(28)31-24(14-29-17)20-9-12-23(27)22(13-20)26(32)30-21-10-7-19(8-11-21)16-33-15-18-5-3-2-4-6-18/h2-14H,15-16H2,1H3,(H2,28,31)(H,30,32). The van der Waals surface area contributed by atoms with Crippen LogP contribution in [0.2, 0.25) is 0 Å². The van der Waals surface area contributed by atoms with Crippen molar-refractivity contribution < 1.29 is 13.9 Å². The van der Waals surface area contributed by atoms with E-state index >= 15 is 0 Å². The van der Waals surface area contributed by atoms with Crippen LogP contribution in [0.25, 0.3) is 11.3 Å². The molecule has 0 aliphatic rings. The number of rotatable bonds is 7. The Hall–Kier alpha value is -4.10. The number of nitrogens with zero attached hydrogens (tertiary/aromatic N) is 2. The van der Waals surface area contributed by atoms with Crippen molar-refractivity contribution in [2.45, 2.75) is 20.1 Å². The minimum Gasteiger partial charge on any atom is -0.382 e. The third-order valence-corrected chi connectivity index (χ3v) is 5.09. The molecular weight excluding hydrogens is 419 g/mol. The lowest BCUT2D eigenvalue weighted by atomic mass is 10.1. The first-order valence-corrected chi connectivity index (χ1v) is 10.4. The first-order chi connectivity index (χ1) is 16.0. The Labute approximate surface area is 191 Å². The number of benzene rings is 3. The molecule has 0 fully saturated rings. The molecule has 166 valence electrons. The van der Waals surface area contributed by atoms with Crippen LogP contribution in [-0.4, -0.2) is 15.9 Å². The van der Waals surface area contributed by atoms with Gasteiger partial charge in [-0.25, -0.2) is 9.37 Å². The van der Waals surface area contributed by atoms with Crippen molar-refractivity contribution in [3.05, 3.63) is 107 Å². The minimum absolute atomic E-state index is 0.0938. The van der Waals surface area contributed by atoms with Crippen molar-refractivity contribution in [3.63, 3.8) is 0 Å². The third-order valence-electron chi connectivity index (χ3n) is 5.09. The van der Waals surface area contributed by atoms with Gasteiger partial charge in [-0.15, -0.1) is 0 Å². The number of carbonyl (C=O) groups excluding carboxylic acids is 1. The van der Waals surface area contributed by atoms with Gasteiger partial charge in [0.2, 0.25) is 0 Å². The summed E-state index contributed by atoms with van der Waals surface area (Å²) < 4.78 is 20.1. The van der Waals surface area contributed by atoms with Gasteiger partial charge in [-0.2, -0.15) is 0 Å². The van der Waals surface area contributed by atoms with Crippen molar-refractivity contribution >= 4 is 17.4 Å². The second-order valence-electron chi connectivity index (χ2n) is 7.55. The lowest BCUT2D eigenvalue weighted by Gasteiger charge is -2.10. The zero-order chi connectivity index (χ0) is 23.2. The molecule has 1 heterocycles. The zero-order valence-electron chi connectivity index (χ0n) is 18.1. The molecule has 4 aromatic rings. The van der Waals surface area contributed by atoms with Crippen LogP contribution < -0.4 is 11.1 Å². The second-order valence-corrected chi connectivity index (χ2v) is 7.55. The van der Waals surface area contributed by atoms with Crippen LogP contribution in [0, 0.1) is 12.7 Å². The average molecular weight is 442 g/mol. The number of carbonyl (C=O) groups is 1. The highest BCUT2D eigenvalue weighted by Gasteiger charge is 2.15. The van der Waals surface area contributed by atoms with E-state index in [4.69, 9.17) is 10.5 Å². The van der Waals surface area contributed by atoms with Crippen molar-refractivity contribution in [1.82, 2.24) is 9.97 Å². The normalized spacial score (nSPS) is 10.7. The summed E-state index contributed by atoms with van der Waals surface area (Å²) in [6.07, 6.45) is 1.54. The Balaban J connectivity index is 1.41. The summed E-state index contributed by atoms with van der Waals surface area (Å²) in [5.74, 6) is -0.902. The van der Waals surface area contributed by atoms with E-state index in [-0.39, 0.29) is 11.4 Å². The van der Waals surface area contributed by atoms with Crippen molar-refractivity contribution in [2.75, 3.05) is 11.1 Å². The number of aryl methyl sites for hydroxylation is 1. The summed E-state index contributed by atoms with van der Waals surface area (Å²) in [6.45, 7) is 2.71. The predicted octanol–water partition coefficient (Wildman–Crippen LogP) is 5.14. The van der Waals surface area contributed by atoms with Gasteiger partial charge < -0.3 is 15.8 Å². The van der Waals surface area contributed by atoms with Crippen LogP contribution in [0.15, 0.2) is 79.0 Å². The average Bonchev–Trinajstić information content (AvgIpc) is 2.83. The molecule has 1 aromatic heterocycles. The molecule has 0 radical (unpaired) electrons. The van der Waals surface area contributed by atoms with Crippen LogP contribution in [-0.2, 0) is 18.0 Å². The van der Waals surface area contributed by atoms with Crippen LogP contribution in [0.1, 0.15) is 27.2 Å². The van der Waals surface area contributed by atoms with Crippen LogP contribution in [0.4, 0.5) is 15.9 Å². The molecule has 33 heavy (non-hydrogen) atoms. The van der Waals surface area contributed by atoms with E-state index in [2.05, 4.69) is 15.3 Å². The fourth-order valence-corrected chi connectivity index (χ4v) is 3.21. The fourth-order valence-electron chi connectivity index (χ4n) is 3.21. The van der Waals surface area contributed by atoms with Gasteiger partial charge in [0.05, 0.1) is 36.4 Å². The number of aromatic nitrogens is 2. The van der Waals surface area contributed by atoms with Gasteiger partial charge in [-0.05, 0) is 48.4 Å². The largest absolute Gasteiger partial charge is 0.382 e. The molecule has 0 aliphatic heterocycles. The molecule has 0 saturated heterocycles. The summed E-state index contributed by atoms with van der Waals surface area (Å²) in [5.41, 5.74) is 9.97. The van der Waals surface area contributed by atoms with E-state index in [0.29, 0.717) is 35.9 Å². The predicted molar refractivity (Wildman–Crippen MR) is 126 cm³/mol. The fraction of sp³-hybridized carbons (Fsp3) is 0.115. The van der Waals surface area contributed by atoms with E-state index in [1.54, 1.807) is 25.3 Å². The number of halogens is 1. The zero-order valence-corrected chi connectivity index (χ0v) is 18.1. The molecule has 3 N–H and O–H groups in total. The number of hydrogen-bond donors (Lipinski definition) is 2. The summed E-state index contributed by atoms with van der Waals surface area (Å²) in [7, 11) is 0. The Morgan fingerprint density at radius 1 is 1.00 bits per heavy atom. The molecule has 6 nitrogen and oxygen atoms in total. The van der Waals surface area contributed by atoms with Crippen molar-refractivity contribution in [3.8, 4) is 11.3 Å². The van der Waals surface area contributed by atoms with Gasteiger partial charge in [0.25, 0.3) is 5.91 Å². The van der Waals surface area contributed by atoms with Crippen molar-refractivity contribution in [2.24, 2.45) is 0 Å². The smallest absolute Gasteiger partial charge is 0.258 e. The van der Waals surface area contributed by atoms with Crippen LogP contribution in [0.3, 0.4) is 0 Å². The van der Waals surface area contributed by atoms with E-state index in [1.807, 2.05) is 42.5 Å². The molecular formula is C26H23FN4O2. The van der Waals surface area contributed by atoms with E-state index in [1.165, 1.54) is 18.2 Å². The number of amides is 1. The maximum Gasteiger partial charge on any atom is 0.258 e. The number of nitrogen functional groups attached to an aromatic ring is 1. The summed E-state index contributed by atoms with van der Waals surface area (Å²) in [4.78, 5) is 21.2. The monoisotopic (exact) mass is 442 g/mol. The Bertz CT molecular complexity index is 1260. The lowest BCUT2D eigenvalue weighted by Crippen LogP contribution is -2.14. The summed E-state index contributed by atoms with van der Waals surface area (Å²) >= 11 is 0. The molecule has 1 amide bonds. The van der Waals surface area contributed by atoms with E-state index in [9.17, 15) is 9.18 Å². The summed E-state index contributed by atoms with van der Waals surface area (Å²) in [6, 6.07) is 21.4. The lowest BCUT2D eigenvalue weighted by molar-refractivity contribution is 0.102. The molecule has 3 aromatic carbocycles. The van der Waals surface area contributed by atoms with E-state index < -0.39 is 11.7 Å². The number of anilines is 2. The summed E-state index contributed by atoms with van der Waals surface area (Å²) in [5, 5.41) is 2.73. The van der Waals surface area contributed by atoms with Crippen molar-refractivity contribution in [1.29, 1.82) is 0 Å². The van der Waals surface area contributed by atoms with Crippen LogP contribution in [0.5, 0.6) is 0 Å². The molecule has 0 saturated carbocycles. The quantitative estimate of drug-likeness (QED) is 0.413. The first-order valence-electron chi connectivity index (χ1n) is 10.4. The molecule has 0 unspecified atom stereocenters. The third kappa shape index (κ3) is 5.58. The number of nitrogens with one attached hydrogen (secondary N) is 1. The molecule has 0 atom stereocenters. The highest BCUT2D eigenvalue weighted by atomic mass is 19.1. The Kier molecular flexibility index (Phi) is 6.71.